The monoisotopic (exact) mass is 356 g/mol. The standard InChI is InChI=1S/C18H13N2.ClHO4/c1-2-6-14(7-3-1)18-13-20-12-16-9-5-4-8-15(16)10-17(20)11-19-18;2-1(3,4)5/h1-13H;(H,2,3,4,5)/q+1;/p-1. The number of halogens is 1. The van der Waals surface area contributed by atoms with Crippen LogP contribution in [-0.4, -0.2) is 4.98 Å². The smallest absolute Gasteiger partial charge is 0.229 e. The first-order valence-electron chi connectivity index (χ1n) is 7.27. The fraction of sp³-hybridized carbons (Fsp3) is 0. The second kappa shape index (κ2) is 7.10. The van der Waals surface area contributed by atoms with Crippen molar-refractivity contribution in [2.45, 2.75) is 0 Å². The maximum absolute atomic E-state index is 8.49. The number of benzene rings is 2. The highest BCUT2D eigenvalue weighted by Gasteiger charge is 2.09. The van der Waals surface area contributed by atoms with Gasteiger partial charge in [0.2, 0.25) is 11.7 Å². The summed E-state index contributed by atoms with van der Waals surface area (Å²) in [6, 6.07) is 20.8. The number of rotatable bonds is 1. The highest BCUT2D eigenvalue weighted by molar-refractivity contribution is 5.83. The molecule has 0 atom stereocenters. The second-order valence-corrected chi connectivity index (χ2v) is 6.01. The minimum atomic E-state index is -4.94. The molecule has 25 heavy (non-hydrogen) atoms. The summed E-state index contributed by atoms with van der Waals surface area (Å²) in [7, 11) is -4.94. The van der Waals surface area contributed by atoms with Crippen LogP contribution in [0.25, 0.3) is 27.5 Å². The van der Waals surface area contributed by atoms with Gasteiger partial charge in [0, 0.05) is 17.0 Å². The summed E-state index contributed by atoms with van der Waals surface area (Å²) in [4.78, 5) is 4.56. The molecule has 0 radical (unpaired) electrons. The third-order valence-corrected chi connectivity index (χ3v) is 3.54. The van der Waals surface area contributed by atoms with Crippen LogP contribution in [0.1, 0.15) is 0 Å². The largest absolute Gasteiger partial charge is 0.243 e. The molecule has 7 heteroatoms. The Kier molecular flexibility index (Phi) is 4.89. The Morgan fingerprint density at radius 3 is 2.04 bits per heavy atom. The molecule has 2 aromatic carbocycles. The molecule has 2 aromatic heterocycles. The van der Waals surface area contributed by atoms with Crippen LogP contribution in [0.3, 0.4) is 0 Å². The van der Waals surface area contributed by atoms with Gasteiger partial charge in [-0.25, -0.2) is 23.6 Å². The van der Waals surface area contributed by atoms with Gasteiger partial charge in [0.15, 0.2) is 6.20 Å². The van der Waals surface area contributed by atoms with Crippen LogP contribution in [0, 0.1) is 10.2 Å². The van der Waals surface area contributed by atoms with Gasteiger partial charge in [-0.3, -0.25) is 0 Å². The van der Waals surface area contributed by atoms with Crippen molar-refractivity contribution in [2.75, 3.05) is 0 Å². The average Bonchev–Trinajstić information content (AvgIpc) is 2.59. The molecule has 0 amide bonds. The molecule has 0 bridgehead atoms. The van der Waals surface area contributed by atoms with E-state index in [4.69, 9.17) is 18.6 Å². The average molecular weight is 357 g/mol. The molecule has 2 heterocycles. The zero-order valence-corrected chi connectivity index (χ0v) is 13.7. The maximum Gasteiger partial charge on any atom is 0.229 e. The van der Waals surface area contributed by atoms with Crippen LogP contribution in [0.4, 0.5) is 0 Å². The van der Waals surface area contributed by atoms with Gasteiger partial charge in [0.25, 0.3) is 0 Å². The van der Waals surface area contributed by atoms with Gasteiger partial charge in [-0.15, -0.1) is 10.2 Å². The lowest BCUT2D eigenvalue weighted by Crippen LogP contribution is -2.68. The SMILES string of the molecule is [O-][Cl+3]([O-])([O-])[O-].c1ccc(-c2c[n+]3cc4ccccc4cc3cn2)cc1. The summed E-state index contributed by atoms with van der Waals surface area (Å²) in [6.45, 7) is 0. The number of pyridine rings is 1. The first-order valence-corrected chi connectivity index (χ1v) is 8.50. The normalized spacial score (nSPS) is 11.2. The molecule has 0 saturated heterocycles. The molecule has 0 aliphatic rings. The Hall–Kier alpha value is -2.61. The lowest BCUT2D eigenvalue weighted by atomic mass is 10.1. The van der Waals surface area contributed by atoms with Crippen LogP contribution in [-0.2, 0) is 0 Å². The third-order valence-electron chi connectivity index (χ3n) is 3.54. The fourth-order valence-corrected chi connectivity index (χ4v) is 2.49. The Balaban J connectivity index is 0.000000324. The molecule has 4 aromatic rings. The molecule has 0 unspecified atom stereocenters. The number of hydrogen-bond acceptors (Lipinski definition) is 5. The van der Waals surface area contributed by atoms with Crippen molar-refractivity contribution in [3.63, 3.8) is 0 Å². The Morgan fingerprint density at radius 2 is 1.36 bits per heavy atom. The lowest BCUT2D eigenvalue weighted by molar-refractivity contribution is -2.00. The van der Waals surface area contributed by atoms with E-state index >= 15 is 0 Å². The predicted octanol–water partition coefficient (Wildman–Crippen LogP) is -1.12. The van der Waals surface area contributed by atoms with Crippen LogP contribution in [0.5, 0.6) is 0 Å². The molecule has 0 aliphatic heterocycles. The first-order chi connectivity index (χ1) is 11.9. The van der Waals surface area contributed by atoms with Gasteiger partial charge in [0.1, 0.15) is 5.69 Å². The zero-order chi connectivity index (χ0) is 17.9. The van der Waals surface area contributed by atoms with E-state index in [1.165, 1.54) is 10.8 Å². The van der Waals surface area contributed by atoms with Gasteiger partial charge in [-0.2, -0.15) is 4.40 Å². The molecule has 0 N–H and O–H groups in total. The van der Waals surface area contributed by atoms with Crippen LogP contribution in [0.2, 0.25) is 0 Å². The minimum absolute atomic E-state index is 0.985. The van der Waals surface area contributed by atoms with E-state index < -0.39 is 10.2 Å². The second-order valence-electron chi connectivity index (χ2n) is 5.25. The first kappa shape index (κ1) is 17.2. The predicted molar refractivity (Wildman–Crippen MR) is 80.3 cm³/mol. The van der Waals surface area contributed by atoms with E-state index in [0.717, 1.165) is 16.8 Å². The van der Waals surface area contributed by atoms with Crippen LogP contribution in [0.15, 0.2) is 79.3 Å². The van der Waals surface area contributed by atoms with Crippen LogP contribution >= 0.6 is 0 Å². The number of aromatic nitrogens is 2. The van der Waals surface area contributed by atoms with Gasteiger partial charge in [-0.05, 0) is 11.5 Å². The van der Waals surface area contributed by atoms with Crippen molar-refractivity contribution in [1.29, 1.82) is 0 Å². The molecule has 0 fully saturated rings. The summed E-state index contributed by atoms with van der Waals surface area (Å²) in [6.07, 6.45) is 6.16. The Labute approximate surface area is 145 Å². The van der Waals surface area contributed by atoms with Crippen molar-refractivity contribution < 1.29 is 33.3 Å². The van der Waals surface area contributed by atoms with E-state index in [1.54, 1.807) is 0 Å². The molecular weight excluding hydrogens is 344 g/mol. The van der Waals surface area contributed by atoms with E-state index in [9.17, 15) is 0 Å². The van der Waals surface area contributed by atoms with Gasteiger partial charge in [0.05, 0.1) is 6.20 Å². The maximum atomic E-state index is 8.49. The number of fused-ring (bicyclic) bond motifs is 2. The summed E-state index contributed by atoms with van der Waals surface area (Å²) in [5.41, 5.74) is 3.22. The zero-order valence-electron chi connectivity index (χ0n) is 12.9. The number of hydrogen-bond donors (Lipinski definition) is 0. The third kappa shape index (κ3) is 4.69. The Bertz CT molecular complexity index is 998. The summed E-state index contributed by atoms with van der Waals surface area (Å²) in [5.74, 6) is 0. The van der Waals surface area contributed by atoms with Crippen molar-refractivity contribution in [3.8, 4) is 11.3 Å². The lowest BCUT2D eigenvalue weighted by Gasteiger charge is -2.17. The van der Waals surface area contributed by atoms with Crippen LogP contribution < -0.4 is 23.0 Å². The van der Waals surface area contributed by atoms with E-state index in [2.05, 4.69) is 64.2 Å². The van der Waals surface area contributed by atoms with Crippen molar-refractivity contribution in [2.24, 2.45) is 0 Å². The fourth-order valence-electron chi connectivity index (χ4n) is 2.49. The quantitative estimate of drug-likeness (QED) is 0.317. The van der Waals surface area contributed by atoms with Gasteiger partial charge < -0.3 is 0 Å². The van der Waals surface area contributed by atoms with Crippen molar-refractivity contribution in [3.05, 3.63) is 79.3 Å². The summed E-state index contributed by atoms with van der Waals surface area (Å²) in [5, 5.41) is 2.47. The number of nitrogens with zero attached hydrogens (tertiary/aromatic N) is 2. The summed E-state index contributed by atoms with van der Waals surface area (Å²) < 4.78 is 36.1. The molecular formula is C18H13ClN2O4. The summed E-state index contributed by atoms with van der Waals surface area (Å²) >= 11 is 0. The molecule has 126 valence electrons. The van der Waals surface area contributed by atoms with Gasteiger partial charge in [-0.1, -0.05) is 48.5 Å². The minimum Gasteiger partial charge on any atom is -0.243 e. The Morgan fingerprint density at radius 1 is 0.760 bits per heavy atom. The van der Waals surface area contributed by atoms with E-state index in [-0.39, 0.29) is 0 Å². The molecule has 6 nitrogen and oxygen atoms in total. The van der Waals surface area contributed by atoms with Crippen molar-refractivity contribution in [1.82, 2.24) is 4.98 Å². The highest BCUT2D eigenvalue weighted by Crippen LogP contribution is 2.17. The molecule has 0 saturated carbocycles. The van der Waals surface area contributed by atoms with E-state index in [1.807, 2.05) is 24.4 Å². The van der Waals surface area contributed by atoms with Gasteiger partial charge >= 0.3 is 0 Å². The molecule has 0 spiro atoms. The highest BCUT2D eigenvalue weighted by atomic mass is 35.7. The molecule has 0 aliphatic carbocycles. The topological polar surface area (TPSA) is 109 Å². The molecule has 4 rings (SSSR count). The van der Waals surface area contributed by atoms with E-state index in [0.29, 0.717) is 0 Å². The van der Waals surface area contributed by atoms with Crippen molar-refractivity contribution >= 4 is 16.3 Å².